The minimum Gasteiger partial charge on any atom is -0.495 e. The van der Waals surface area contributed by atoms with Gasteiger partial charge in [-0.05, 0) is 46.7 Å². The van der Waals surface area contributed by atoms with Crippen molar-refractivity contribution < 1.29 is 9.15 Å². The molecule has 0 fully saturated rings. The van der Waals surface area contributed by atoms with Crippen molar-refractivity contribution in [2.75, 3.05) is 14.2 Å². The number of rotatable bonds is 4. The summed E-state index contributed by atoms with van der Waals surface area (Å²) in [5.74, 6) is 0.661. The van der Waals surface area contributed by atoms with Gasteiger partial charge in [-0.1, -0.05) is 17.7 Å². The van der Waals surface area contributed by atoms with Crippen LogP contribution >= 0.6 is 27.5 Å². The van der Waals surface area contributed by atoms with E-state index < -0.39 is 0 Å². The van der Waals surface area contributed by atoms with Crippen molar-refractivity contribution in [1.29, 1.82) is 0 Å². The first-order valence-corrected chi connectivity index (χ1v) is 6.58. The van der Waals surface area contributed by atoms with Crippen molar-refractivity contribution in [3.8, 4) is 5.75 Å². The van der Waals surface area contributed by atoms with Crippen LogP contribution in [-0.4, -0.2) is 14.2 Å². The van der Waals surface area contributed by atoms with Gasteiger partial charge >= 0.3 is 0 Å². The molecule has 2 aromatic rings. The topological polar surface area (TPSA) is 34.4 Å². The van der Waals surface area contributed by atoms with Crippen molar-refractivity contribution in [3.63, 3.8) is 0 Å². The molecule has 0 amide bonds. The molecular weight excluding hydrogens is 318 g/mol. The summed E-state index contributed by atoms with van der Waals surface area (Å²) in [6, 6.07) is 7.65. The normalized spacial score (nSPS) is 12.4. The van der Waals surface area contributed by atoms with Crippen LogP contribution in [0.3, 0.4) is 0 Å². The number of hydrogen-bond acceptors (Lipinski definition) is 3. The largest absolute Gasteiger partial charge is 0.495 e. The van der Waals surface area contributed by atoms with Crippen molar-refractivity contribution in [2.24, 2.45) is 0 Å². The lowest BCUT2D eigenvalue weighted by Gasteiger charge is -2.17. The lowest BCUT2D eigenvalue weighted by atomic mass is 10.0. The quantitative estimate of drug-likeness (QED) is 0.919. The molecule has 3 nitrogen and oxygen atoms in total. The fraction of sp³-hybridized carbons (Fsp3) is 0.231. The monoisotopic (exact) mass is 329 g/mol. The summed E-state index contributed by atoms with van der Waals surface area (Å²) < 4.78 is 11.2. The molecule has 18 heavy (non-hydrogen) atoms. The standard InChI is InChI=1S/C13H13BrClNO2/c1-16-12(9-5-6-18-13(9)14)8-3-4-10(15)11(7-8)17-2/h3-7,12,16H,1-2H3. The Labute approximate surface area is 119 Å². The first-order chi connectivity index (χ1) is 8.67. The van der Waals surface area contributed by atoms with Crippen LogP contribution in [0.5, 0.6) is 5.75 Å². The van der Waals surface area contributed by atoms with Crippen LogP contribution in [0.4, 0.5) is 0 Å². The molecule has 0 aliphatic carbocycles. The first kappa shape index (κ1) is 13.5. The van der Waals surface area contributed by atoms with Gasteiger partial charge in [-0.15, -0.1) is 0 Å². The molecule has 1 N–H and O–H groups in total. The lowest BCUT2D eigenvalue weighted by molar-refractivity contribution is 0.414. The predicted molar refractivity (Wildman–Crippen MR) is 75.3 cm³/mol. The molecule has 96 valence electrons. The number of benzene rings is 1. The average Bonchev–Trinajstić information content (AvgIpc) is 2.79. The third-order valence-electron chi connectivity index (χ3n) is 2.75. The van der Waals surface area contributed by atoms with Crippen LogP contribution in [0.25, 0.3) is 0 Å². The molecule has 1 atom stereocenters. The van der Waals surface area contributed by atoms with Crippen LogP contribution in [0, 0.1) is 0 Å². The van der Waals surface area contributed by atoms with E-state index >= 15 is 0 Å². The van der Waals surface area contributed by atoms with Gasteiger partial charge in [0.2, 0.25) is 0 Å². The molecular formula is C13H13BrClNO2. The maximum atomic E-state index is 6.03. The molecule has 1 unspecified atom stereocenters. The molecule has 0 radical (unpaired) electrons. The van der Waals surface area contributed by atoms with Gasteiger partial charge in [0.25, 0.3) is 0 Å². The van der Waals surface area contributed by atoms with Crippen LogP contribution in [0.1, 0.15) is 17.2 Å². The van der Waals surface area contributed by atoms with E-state index in [1.165, 1.54) is 0 Å². The zero-order chi connectivity index (χ0) is 13.1. The fourth-order valence-electron chi connectivity index (χ4n) is 1.87. The number of methoxy groups -OCH3 is 1. The van der Waals surface area contributed by atoms with Crippen LogP contribution in [0.2, 0.25) is 5.02 Å². The zero-order valence-corrected chi connectivity index (χ0v) is 12.4. The summed E-state index contributed by atoms with van der Waals surface area (Å²) >= 11 is 9.42. The molecule has 1 aromatic heterocycles. The minimum absolute atomic E-state index is 0.0179. The summed E-state index contributed by atoms with van der Waals surface area (Å²) in [5.41, 5.74) is 2.09. The third kappa shape index (κ3) is 2.55. The second-order valence-electron chi connectivity index (χ2n) is 3.77. The Morgan fingerprint density at radius 3 is 2.72 bits per heavy atom. The number of furan rings is 1. The van der Waals surface area contributed by atoms with Gasteiger partial charge in [0.05, 0.1) is 24.4 Å². The van der Waals surface area contributed by atoms with E-state index in [1.807, 2.05) is 31.3 Å². The van der Waals surface area contributed by atoms with Crippen molar-refractivity contribution >= 4 is 27.5 Å². The van der Waals surface area contributed by atoms with Crippen LogP contribution in [-0.2, 0) is 0 Å². The van der Waals surface area contributed by atoms with E-state index in [2.05, 4.69) is 21.2 Å². The van der Waals surface area contributed by atoms with E-state index in [-0.39, 0.29) is 6.04 Å². The predicted octanol–water partition coefficient (Wildman–Crippen LogP) is 4.01. The third-order valence-corrected chi connectivity index (χ3v) is 3.71. The molecule has 1 heterocycles. The highest BCUT2D eigenvalue weighted by atomic mass is 79.9. The van der Waals surface area contributed by atoms with Crippen LogP contribution < -0.4 is 10.1 Å². The molecule has 2 rings (SSSR count). The highest BCUT2D eigenvalue weighted by molar-refractivity contribution is 9.10. The summed E-state index contributed by atoms with van der Waals surface area (Å²) in [6.45, 7) is 0. The van der Waals surface area contributed by atoms with Crippen molar-refractivity contribution in [2.45, 2.75) is 6.04 Å². The summed E-state index contributed by atoms with van der Waals surface area (Å²) in [6.07, 6.45) is 1.65. The Morgan fingerprint density at radius 2 is 2.17 bits per heavy atom. The molecule has 1 aromatic carbocycles. The Kier molecular flexibility index (Phi) is 4.32. The highest BCUT2D eigenvalue weighted by Crippen LogP contribution is 2.33. The van der Waals surface area contributed by atoms with E-state index in [0.717, 1.165) is 15.8 Å². The second-order valence-corrected chi connectivity index (χ2v) is 4.89. The number of nitrogens with one attached hydrogen (secondary N) is 1. The van der Waals surface area contributed by atoms with Gasteiger partial charge in [-0.2, -0.15) is 0 Å². The van der Waals surface area contributed by atoms with E-state index in [4.69, 9.17) is 20.8 Å². The van der Waals surface area contributed by atoms with Crippen molar-refractivity contribution in [3.05, 3.63) is 51.3 Å². The van der Waals surface area contributed by atoms with Gasteiger partial charge in [0.1, 0.15) is 5.75 Å². The Balaban J connectivity index is 2.42. The first-order valence-electron chi connectivity index (χ1n) is 5.41. The summed E-state index contributed by atoms with van der Waals surface area (Å²) in [7, 11) is 3.50. The van der Waals surface area contributed by atoms with Gasteiger partial charge in [0, 0.05) is 5.56 Å². The zero-order valence-electron chi connectivity index (χ0n) is 10.0. The Morgan fingerprint density at radius 1 is 1.39 bits per heavy atom. The summed E-state index contributed by atoms with van der Waals surface area (Å²) in [4.78, 5) is 0. The van der Waals surface area contributed by atoms with E-state index in [9.17, 15) is 0 Å². The smallest absolute Gasteiger partial charge is 0.174 e. The number of halogens is 2. The Bertz CT molecular complexity index is 542. The molecule has 0 aliphatic rings. The maximum Gasteiger partial charge on any atom is 0.174 e. The number of ether oxygens (including phenoxy) is 1. The van der Waals surface area contributed by atoms with Gasteiger partial charge in [-0.25, -0.2) is 0 Å². The van der Waals surface area contributed by atoms with E-state index in [1.54, 1.807) is 13.4 Å². The van der Waals surface area contributed by atoms with E-state index in [0.29, 0.717) is 10.8 Å². The van der Waals surface area contributed by atoms with Gasteiger partial charge in [0.15, 0.2) is 4.67 Å². The molecule has 5 heteroatoms. The molecule has 0 spiro atoms. The molecule has 0 aliphatic heterocycles. The Hall–Kier alpha value is -0.970. The molecule has 0 saturated heterocycles. The highest BCUT2D eigenvalue weighted by Gasteiger charge is 2.18. The lowest BCUT2D eigenvalue weighted by Crippen LogP contribution is -2.17. The van der Waals surface area contributed by atoms with Gasteiger partial charge in [-0.3, -0.25) is 0 Å². The van der Waals surface area contributed by atoms with Crippen LogP contribution in [0.15, 0.2) is 39.6 Å². The fourth-order valence-corrected chi connectivity index (χ4v) is 2.53. The van der Waals surface area contributed by atoms with Crippen molar-refractivity contribution in [1.82, 2.24) is 5.32 Å². The minimum atomic E-state index is 0.0179. The molecule has 0 saturated carbocycles. The average molecular weight is 331 g/mol. The molecule has 0 bridgehead atoms. The maximum absolute atomic E-state index is 6.03. The summed E-state index contributed by atoms with van der Waals surface area (Å²) in [5, 5.41) is 3.84. The number of hydrogen-bond donors (Lipinski definition) is 1. The SMILES string of the molecule is CNC(c1ccc(Cl)c(OC)c1)c1ccoc1Br. The second kappa shape index (κ2) is 5.78. The van der Waals surface area contributed by atoms with Gasteiger partial charge < -0.3 is 14.5 Å².